The quantitative estimate of drug-likeness (QED) is 0.707. The van der Waals surface area contributed by atoms with Crippen molar-refractivity contribution in [2.75, 3.05) is 18.5 Å². The van der Waals surface area contributed by atoms with Crippen molar-refractivity contribution in [1.82, 2.24) is 0 Å². The van der Waals surface area contributed by atoms with Gasteiger partial charge in [-0.3, -0.25) is 0 Å². The lowest BCUT2D eigenvalue weighted by atomic mass is 10.2. The van der Waals surface area contributed by atoms with E-state index in [9.17, 15) is 5.11 Å². The minimum Gasteiger partial charge on any atom is -0.394 e. The molecule has 0 fully saturated rings. The summed E-state index contributed by atoms with van der Waals surface area (Å²) in [5, 5.41) is 29.2. The fourth-order valence-corrected chi connectivity index (χ4v) is 1.56. The first-order valence-electron chi connectivity index (χ1n) is 6.37. The maximum Gasteiger partial charge on any atom is 0.0942 e. The monoisotopic (exact) mass is 271 g/mol. The highest BCUT2D eigenvalue weighted by atomic mass is 16.3. The first-order valence-corrected chi connectivity index (χ1v) is 6.37. The summed E-state index contributed by atoms with van der Waals surface area (Å²) >= 11 is 0. The van der Waals surface area contributed by atoms with Gasteiger partial charge in [-0.15, -0.1) is 0 Å². The van der Waals surface area contributed by atoms with E-state index in [0.717, 1.165) is 17.1 Å². The molecule has 2 rings (SSSR count). The Morgan fingerprint density at radius 2 is 1.50 bits per heavy atom. The maximum atomic E-state index is 9.24. The second-order valence-corrected chi connectivity index (χ2v) is 4.30. The molecule has 5 heteroatoms. The molecule has 2 aromatic rings. The highest BCUT2D eigenvalue weighted by molar-refractivity contribution is 5.51. The molecule has 0 aliphatic heterocycles. The van der Waals surface area contributed by atoms with E-state index in [0.29, 0.717) is 6.54 Å². The summed E-state index contributed by atoms with van der Waals surface area (Å²) in [5.41, 5.74) is 2.42. The number of rotatable bonds is 6. The van der Waals surface area contributed by atoms with Crippen LogP contribution in [0.15, 0.2) is 64.8 Å². The van der Waals surface area contributed by atoms with E-state index in [2.05, 4.69) is 15.5 Å². The molecule has 0 radical (unpaired) electrons. The number of aliphatic hydroxyl groups is 2. The summed E-state index contributed by atoms with van der Waals surface area (Å²) < 4.78 is 0. The molecule has 0 amide bonds. The van der Waals surface area contributed by atoms with Crippen molar-refractivity contribution in [1.29, 1.82) is 0 Å². The molecule has 5 nitrogen and oxygen atoms in total. The van der Waals surface area contributed by atoms with Crippen molar-refractivity contribution in [3.05, 3.63) is 54.6 Å². The summed E-state index contributed by atoms with van der Waals surface area (Å²) in [7, 11) is 0. The van der Waals surface area contributed by atoms with Crippen LogP contribution in [0.3, 0.4) is 0 Å². The Bertz CT molecular complexity index is 541. The molecule has 2 aromatic carbocycles. The van der Waals surface area contributed by atoms with Gasteiger partial charge < -0.3 is 15.5 Å². The largest absolute Gasteiger partial charge is 0.394 e. The zero-order chi connectivity index (χ0) is 14.2. The number of nitrogens with zero attached hydrogens (tertiary/aromatic N) is 2. The van der Waals surface area contributed by atoms with Gasteiger partial charge >= 0.3 is 0 Å². The molecule has 20 heavy (non-hydrogen) atoms. The van der Waals surface area contributed by atoms with Gasteiger partial charge in [-0.05, 0) is 36.4 Å². The van der Waals surface area contributed by atoms with E-state index in [1.54, 1.807) is 0 Å². The number of hydrogen-bond acceptors (Lipinski definition) is 5. The molecule has 0 bridgehead atoms. The average Bonchev–Trinajstić information content (AvgIpc) is 2.52. The number of aliphatic hydroxyl groups excluding tert-OH is 2. The van der Waals surface area contributed by atoms with Gasteiger partial charge in [0.2, 0.25) is 0 Å². The predicted octanol–water partition coefficient (Wildman–Crippen LogP) is 2.87. The van der Waals surface area contributed by atoms with Gasteiger partial charge in [0.25, 0.3) is 0 Å². The van der Waals surface area contributed by atoms with E-state index < -0.39 is 6.10 Å². The van der Waals surface area contributed by atoms with Crippen molar-refractivity contribution in [2.45, 2.75) is 6.10 Å². The van der Waals surface area contributed by atoms with E-state index >= 15 is 0 Å². The van der Waals surface area contributed by atoms with E-state index in [4.69, 9.17) is 5.11 Å². The molecule has 0 saturated carbocycles. The fraction of sp³-hybridized carbons (Fsp3) is 0.200. The minimum absolute atomic E-state index is 0.254. The summed E-state index contributed by atoms with van der Waals surface area (Å²) in [6.45, 7) is 0.0533. The zero-order valence-electron chi connectivity index (χ0n) is 11.0. The van der Waals surface area contributed by atoms with Crippen LogP contribution in [0, 0.1) is 0 Å². The predicted molar refractivity (Wildman–Crippen MR) is 78.6 cm³/mol. The Balaban J connectivity index is 1.93. The lowest BCUT2D eigenvalue weighted by Crippen LogP contribution is -2.22. The molecule has 0 aromatic heterocycles. The van der Waals surface area contributed by atoms with Crippen LogP contribution in [0.2, 0.25) is 0 Å². The van der Waals surface area contributed by atoms with Crippen molar-refractivity contribution in [3.8, 4) is 0 Å². The highest BCUT2D eigenvalue weighted by Crippen LogP contribution is 2.19. The van der Waals surface area contributed by atoms with Crippen LogP contribution in [0.1, 0.15) is 0 Å². The number of hydrogen-bond donors (Lipinski definition) is 3. The smallest absolute Gasteiger partial charge is 0.0942 e. The molecule has 0 aliphatic rings. The topological polar surface area (TPSA) is 77.2 Å². The molecule has 1 unspecified atom stereocenters. The van der Waals surface area contributed by atoms with Gasteiger partial charge in [-0.1, -0.05) is 18.2 Å². The van der Waals surface area contributed by atoms with E-state index in [-0.39, 0.29) is 6.61 Å². The lowest BCUT2D eigenvalue weighted by molar-refractivity contribution is 0.105. The maximum absolute atomic E-state index is 9.24. The molecule has 0 aliphatic carbocycles. The van der Waals surface area contributed by atoms with Crippen LogP contribution in [0.25, 0.3) is 0 Å². The molecule has 1 atom stereocenters. The first kappa shape index (κ1) is 14.2. The molecule has 0 spiro atoms. The van der Waals surface area contributed by atoms with Crippen LogP contribution in [0.5, 0.6) is 0 Å². The van der Waals surface area contributed by atoms with Crippen LogP contribution in [0.4, 0.5) is 17.1 Å². The molecule has 3 N–H and O–H groups in total. The third-order valence-corrected chi connectivity index (χ3v) is 2.66. The fourth-order valence-electron chi connectivity index (χ4n) is 1.56. The van der Waals surface area contributed by atoms with Gasteiger partial charge in [0, 0.05) is 12.2 Å². The van der Waals surface area contributed by atoms with Gasteiger partial charge in [-0.25, -0.2) is 0 Å². The molecule has 104 valence electrons. The number of anilines is 1. The average molecular weight is 271 g/mol. The molecule has 0 heterocycles. The van der Waals surface area contributed by atoms with Crippen molar-refractivity contribution in [2.24, 2.45) is 10.2 Å². The normalized spacial score (nSPS) is 12.5. The summed E-state index contributed by atoms with van der Waals surface area (Å²) in [6, 6.07) is 16.9. The highest BCUT2D eigenvalue weighted by Gasteiger charge is 2.00. The van der Waals surface area contributed by atoms with Crippen LogP contribution >= 0.6 is 0 Å². The Morgan fingerprint density at radius 1 is 0.900 bits per heavy atom. The minimum atomic E-state index is -0.757. The summed E-state index contributed by atoms with van der Waals surface area (Å²) in [5.74, 6) is 0. The van der Waals surface area contributed by atoms with Gasteiger partial charge in [0.05, 0.1) is 24.1 Å². The Kier molecular flexibility index (Phi) is 5.23. The number of azo groups is 1. The standard InChI is InChI=1S/C15H17N3O2/c19-11-15(20)10-16-12-6-8-14(9-7-12)18-17-13-4-2-1-3-5-13/h1-9,15-16,19-20H,10-11H2. The third-order valence-electron chi connectivity index (χ3n) is 2.66. The summed E-state index contributed by atoms with van der Waals surface area (Å²) in [4.78, 5) is 0. The van der Waals surface area contributed by atoms with Crippen LogP contribution in [-0.4, -0.2) is 29.5 Å². The Labute approximate surface area is 117 Å². The van der Waals surface area contributed by atoms with Gasteiger partial charge in [0.15, 0.2) is 0 Å². The van der Waals surface area contributed by atoms with Crippen molar-refractivity contribution < 1.29 is 10.2 Å². The van der Waals surface area contributed by atoms with Crippen LogP contribution < -0.4 is 5.32 Å². The molecular formula is C15H17N3O2. The number of benzene rings is 2. The molecule has 0 saturated heterocycles. The first-order chi connectivity index (χ1) is 9.78. The lowest BCUT2D eigenvalue weighted by Gasteiger charge is -2.09. The van der Waals surface area contributed by atoms with Crippen molar-refractivity contribution in [3.63, 3.8) is 0 Å². The SMILES string of the molecule is OCC(O)CNc1ccc(N=Nc2ccccc2)cc1. The van der Waals surface area contributed by atoms with Gasteiger partial charge in [-0.2, -0.15) is 10.2 Å². The van der Waals surface area contributed by atoms with E-state index in [1.807, 2.05) is 54.6 Å². The zero-order valence-corrected chi connectivity index (χ0v) is 11.0. The second kappa shape index (κ2) is 7.37. The Hall–Kier alpha value is -2.24. The van der Waals surface area contributed by atoms with Crippen LogP contribution in [-0.2, 0) is 0 Å². The van der Waals surface area contributed by atoms with E-state index in [1.165, 1.54) is 0 Å². The third kappa shape index (κ3) is 4.46. The molecular weight excluding hydrogens is 254 g/mol. The Morgan fingerprint density at radius 3 is 2.10 bits per heavy atom. The van der Waals surface area contributed by atoms with Gasteiger partial charge in [0.1, 0.15) is 0 Å². The second-order valence-electron chi connectivity index (χ2n) is 4.30. The summed E-state index contributed by atoms with van der Waals surface area (Å²) in [6.07, 6.45) is -0.757. The number of nitrogens with one attached hydrogen (secondary N) is 1. The van der Waals surface area contributed by atoms with Crippen molar-refractivity contribution >= 4 is 17.1 Å².